The van der Waals surface area contributed by atoms with Gasteiger partial charge in [-0.2, -0.15) is 0 Å². The Morgan fingerprint density at radius 3 is 2.85 bits per heavy atom. The van der Waals surface area contributed by atoms with Crippen molar-refractivity contribution in [2.45, 2.75) is 29.8 Å². The van der Waals surface area contributed by atoms with Crippen LogP contribution in [-0.4, -0.2) is 40.8 Å². The van der Waals surface area contributed by atoms with Crippen molar-refractivity contribution in [3.8, 4) is 5.75 Å². The average molecular weight is 386 g/mol. The van der Waals surface area contributed by atoms with Crippen LogP contribution in [0, 0.1) is 0 Å². The second-order valence-corrected chi connectivity index (χ2v) is 8.50. The summed E-state index contributed by atoms with van der Waals surface area (Å²) in [5, 5.41) is 8.92. The van der Waals surface area contributed by atoms with E-state index in [1.807, 2.05) is 24.3 Å². The second-order valence-electron chi connectivity index (χ2n) is 6.33. The summed E-state index contributed by atoms with van der Waals surface area (Å²) in [4.78, 5) is 12.7. The molecule has 2 atom stereocenters. The van der Waals surface area contributed by atoms with Crippen molar-refractivity contribution in [3.63, 3.8) is 0 Å². The molecule has 0 unspecified atom stereocenters. The number of nitrogens with zero attached hydrogens (tertiary/aromatic N) is 3. The van der Waals surface area contributed by atoms with Crippen LogP contribution in [-0.2, 0) is 14.6 Å². The first kappa shape index (κ1) is 17.5. The topological polar surface area (TPSA) is 103 Å². The van der Waals surface area contributed by atoms with E-state index in [2.05, 4.69) is 15.5 Å². The summed E-state index contributed by atoms with van der Waals surface area (Å²) in [7, 11) is -4.00. The molecule has 0 saturated heterocycles. The van der Waals surface area contributed by atoms with Crippen molar-refractivity contribution in [2.24, 2.45) is 0 Å². The maximum atomic E-state index is 12.9. The van der Waals surface area contributed by atoms with Crippen molar-refractivity contribution >= 4 is 21.4 Å². The number of carbonyl (C=O) groups excluding carboxylic acids is 1. The number of sulfone groups is 1. The molecule has 0 radical (unpaired) electrons. The first-order valence-corrected chi connectivity index (χ1v) is 10.1. The van der Waals surface area contributed by atoms with Gasteiger partial charge in [-0.1, -0.05) is 24.3 Å². The van der Waals surface area contributed by atoms with Gasteiger partial charge < -0.3 is 10.1 Å². The molecule has 1 aliphatic rings. The fourth-order valence-electron chi connectivity index (χ4n) is 3.09. The summed E-state index contributed by atoms with van der Waals surface area (Å²) in [6.07, 6.45) is 2.13. The van der Waals surface area contributed by atoms with Gasteiger partial charge in [-0.25, -0.2) is 8.42 Å². The number of benzene rings is 1. The van der Waals surface area contributed by atoms with Crippen LogP contribution in [0.15, 0.2) is 53.8 Å². The molecule has 140 valence electrons. The van der Waals surface area contributed by atoms with E-state index in [4.69, 9.17) is 4.74 Å². The standard InChI is InChI=1S/C18H18N4O4S/c1-12(27(24,25)18-21-20-16-8-4-5-10-22(16)18)17(23)19-14-9-11-26-15-7-3-2-6-13(14)15/h2-8,10,12,14H,9,11H2,1H3,(H,19,23)/t12-,14-/m1/s1. The number of rotatable bonds is 4. The van der Waals surface area contributed by atoms with E-state index < -0.39 is 21.0 Å². The molecule has 1 N–H and O–H groups in total. The Kier molecular flexibility index (Phi) is 4.31. The number of nitrogens with one attached hydrogen (secondary N) is 1. The molecule has 1 aliphatic heterocycles. The zero-order valence-corrected chi connectivity index (χ0v) is 15.4. The maximum absolute atomic E-state index is 12.9. The molecule has 8 nitrogen and oxygen atoms in total. The Hall–Kier alpha value is -2.94. The van der Waals surface area contributed by atoms with Gasteiger partial charge in [0.05, 0.1) is 12.6 Å². The molecule has 1 amide bonds. The first-order valence-electron chi connectivity index (χ1n) is 8.54. The highest BCUT2D eigenvalue weighted by atomic mass is 32.2. The molecular formula is C18H18N4O4S. The molecule has 0 spiro atoms. The summed E-state index contributed by atoms with van der Waals surface area (Å²) >= 11 is 0. The van der Waals surface area contributed by atoms with Crippen LogP contribution in [0.2, 0.25) is 0 Å². The van der Waals surface area contributed by atoms with Crippen LogP contribution in [0.4, 0.5) is 0 Å². The summed E-state index contributed by atoms with van der Waals surface area (Å²) in [5.74, 6) is 0.123. The number of para-hydroxylation sites is 1. The number of carbonyl (C=O) groups is 1. The fraction of sp³-hybridized carbons (Fsp3) is 0.278. The Balaban J connectivity index is 1.59. The molecule has 1 aromatic carbocycles. The van der Waals surface area contributed by atoms with Crippen LogP contribution >= 0.6 is 0 Å². The highest BCUT2D eigenvalue weighted by Crippen LogP contribution is 2.31. The smallest absolute Gasteiger partial charge is 0.254 e. The van der Waals surface area contributed by atoms with Crippen LogP contribution in [0.5, 0.6) is 5.75 Å². The van der Waals surface area contributed by atoms with Crippen LogP contribution in [0.1, 0.15) is 24.9 Å². The van der Waals surface area contributed by atoms with Crippen LogP contribution < -0.4 is 10.1 Å². The molecule has 0 saturated carbocycles. The third-order valence-corrected chi connectivity index (χ3v) is 6.58. The third-order valence-electron chi connectivity index (χ3n) is 4.65. The van der Waals surface area contributed by atoms with Crippen molar-refractivity contribution < 1.29 is 17.9 Å². The number of pyridine rings is 1. The number of hydrogen-bond donors (Lipinski definition) is 1. The van der Waals surface area contributed by atoms with Crippen molar-refractivity contribution in [1.82, 2.24) is 19.9 Å². The van der Waals surface area contributed by atoms with E-state index in [-0.39, 0.29) is 11.2 Å². The third kappa shape index (κ3) is 3.03. The highest BCUT2D eigenvalue weighted by Gasteiger charge is 2.35. The highest BCUT2D eigenvalue weighted by molar-refractivity contribution is 7.92. The van der Waals surface area contributed by atoms with Gasteiger partial charge in [-0.3, -0.25) is 9.20 Å². The number of amides is 1. The van der Waals surface area contributed by atoms with E-state index in [0.717, 1.165) is 5.56 Å². The van der Waals surface area contributed by atoms with E-state index >= 15 is 0 Å². The Labute approximate surface area is 156 Å². The summed E-state index contributed by atoms with van der Waals surface area (Å²) in [6.45, 7) is 1.82. The van der Waals surface area contributed by atoms with Crippen molar-refractivity contribution in [1.29, 1.82) is 0 Å². The van der Waals surface area contributed by atoms with Gasteiger partial charge in [0.1, 0.15) is 11.0 Å². The van der Waals surface area contributed by atoms with Gasteiger partial charge in [-0.15, -0.1) is 10.2 Å². The molecule has 4 rings (SSSR count). The minimum absolute atomic E-state index is 0.242. The minimum Gasteiger partial charge on any atom is -0.493 e. The molecule has 27 heavy (non-hydrogen) atoms. The molecule has 0 fully saturated rings. The van der Waals surface area contributed by atoms with Gasteiger partial charge in [-0.05, 0) is 25.1 Å². The Morgan fingerprint density at radius 2 is 2.00 bits per heavy atom. The molecule has 2 aromatic heterocycles. The van der Waals surface area contributed by atoms with Gasteiger partial charge in [0.25, 0.3) is 5.16 Å². The lowest BCUT2D eigenvalue weighted by molar-refractivity contribution is -0.121. The molecule has 3 aromatic rings. The lowest BCUT2D eigenvalue weighted by Gasteiger charge is -2.27. The molecule has 0 aliphatic carbocycles. The summed E-state index contributed by atoms with van der Waals surface area (Å²) < 4.78 is 32.8. The lowest BCUT2D eigenvalue weighted by Crippen LogP contribution is -2.41. The second kappa shape index (κ2) is 6.66. The first-order chi connectivity index (χ1) is 13.0. The Bertz CT molecular complexity index is 1110. The molecular weight excluding hydrogens is 368 g/mol. The quantitative estimate of drug-likeness (QED) is 0.729. The van der Waals surface area contributed by atoms with E-state index in [0.29, 0.717) is 24.4 Å². The fourth-order valence-corrected chi connectivity index (χ4v) is 4.34. The van der Waals surface area contributed by atoms with Gasteiger partial charge in [0.2, 0.25) is 15.7 Å². The van der Waals surface area contributed by atoms with Gasteiger partial charge >= 0.3 is 0 Å². The zero-order chi connectivity index (χ0) is 19.0. The number of aromatic nitrogens is 3. The van der Waals surface area contributed by atoms with E-state index in [1.54, 1.807) is 24.4 Å². The largest absolute Gasteiger partial charge is 0.493 e. The molecule has 0 bridgehead atoms. The van der Waals surface area contributed by atoms with Gasteiger partial charge in [0, 0.05) is 18.2 Å². The molecule has 9 heteroatoms. The van der Waals surface area contributed by atoms with Crippen LogP contribution in [0.25, 0.3) is 5.65 Å². The van der Waals surface area contributed by atoms with Crippen LogP contribution in [0.3, 0.4) is 0 Å². The zero-order valence-electron chi connectivity index (χ0n) is 14.6. The normalized spacial score (nSPS) is 17.7. The number of fused-ring (bicyclic) bond motifs is 2. The number of ether oxygens (including phenoxy) is 1. The summed E-state index contributed by atoms with van der Waals surface area (Å²) in [5.41, 5.74) is 1.25. The summed E-state index contributed by atoms with van der Waals surface area (Å²) in [6, 6.07) is 12.2. The lowest BCUT2D eigenvalue weighted by atomic mass is 10.0. The van der Waals surface area contributed by atoms with E-state index in [1.165, 1.54) is 11.3 Å². The monoisotopic (exact) mass is 386 g/mol. The van der Waals surface area contributed by atoms with Gasteiger partial charge in [0.15, 0.2) is 5.65 Å². The average Bonchev–Trinajstić information content (AvgIpc) is 3.12. The predicted octanol–water partition coefficient (Wildman–Crippen LogP) is 1.53. The Morgan fingerprint density at radius 1 is 1.22 bits per heavy atom. The molecule has 3 heterocycles. The van der Waals surface area contributed by atoms with E-state index in [9.17, 15) is 13.2 Å². The predicted molar refractivity (Wildman–Crippen MR) is 97.1 cm³/mol. The SMILES string of the molecule is C[C@H](C(=O)N[C@@H]1CCOc2ccccc21)S(=O)(=O)c1nnc2ccccn12. The minimum atomic E-state index is -4.00. The van der Waals surface area contributed by atoms with Crippen molar-refractivity contribution in [3.05, 3.63) is 54.2 Å². The van der Waals surface area contributed by atoms with Crippen molar-refractivity contribution in [2.75, 3.05) is 6.61 Å². The maximum Gasteiger partial charge on any atom is 0.254 e. The number of hydrogen-bond acceptors (Lipinski definition) is 6.